The molecule has 0 saturated heterocycles. The lowest BCUT2D eigenvalue weighted by molar-refractivity contribution is -0.110. The number of carbonyl (C=O) groups excluding carboxylic acids is 1. The van der Waals surface area contributed by atoms with Gasteiger partial charge in [-0.3, -0.25) is 4.79 Å². The zero-order valence-corrected chi connectivity index (χ0v) is 15.2. The summed E-state index contributed by atoms with van der Waals surface area (Å²) in [6.45, 7) is 0. The first-order valence-electron chi connectivity index (χ1n) is 7.83. The van der Waals surface area contributed by atoms with Gasteiger partial charge in [-0.15, -0.1) is 0 Å². The van der Waals surface area contributed by atoms with Crippen molar-refractivity contribution in [3.63, 3.8) is 0 Å². The molecule has 0 aliphatic heterocycles. The van der Waals surface area contributed by atoms with Gasteiger partial charge in [0.15, 0.2) is 29.1 Å². The zero-order valence-electron chi connectivity index (χ0n) is 15.2. The second-order valence-corrected chi connectivity index (χ2v) is 5.54. The summed E-state index contributed by atoms with van der Waals surface area (Å²) in [5, 5.41) is 18.6. The van der Waals surface area contributed by atoms with Crippen LogP contribution in [0.1, 0.15) is 11.1 Å². The van der Waals surface area contributed by atoms with E-state index in [0.717, 1.165) is 14.2 Å². The summed E-state index contributed by atoms with van der Waals surface area (Å²) in [6, 6.07) is 0. The fraction of sp³-hybridized carbons (Fsp3) is 0.105. The van der Waals surface area contributed by atoms with Crippen LogP contribution in [0.25, 0.3) is 12.2 Å². The summed E-state index contributed by atoms with van der Waals surface area (Å²) >= 11 is 0. The maximum absolute atomic E-state index is 14.1. The van der Waals surface area contributed by atoms with E-state index in [4.69, 9.17) is 0 Å². The smallest absolute Gasteiger partial charge is 0.205 e. The van der Waals surface area contributed by atoms with Crippen molar-refractivity contribution >= 4 is 17.9 Å². The Hall–Kier alpha value is -3.63. The van der Waals surface area contributed by atoms with Crippen molar-refractivity contribution in [1.82, 2.24) is 0 Å². The van der Waals surface area contributed by atoms with Crippen LogP contribution in [-0.4, -0.2) is 30.2 Å². The Morgan fingerprint density at radius 2 is 1.00 bits per heavy atom. The van der Waals surface area contributed by atoms with E-state index in [9.17, 15) is 41.4 Å². The minimum Gasteiger partial charge on any atom is -0.502 e. The molecule has 0 atom stereocenters. The van der Waals surface area contributed by atoms with Crippen molar-refractivity contribution in [2.24, 2.45) is 0 Å². The summed E-state index contributed by atoms with van der Waals surface area (Å²) < 4.78 is 91.8. The molecular weight excluding hydrogens is 422 g/mol. The van der Waals surface area contributed by atoms with Crippen LogP contribution in [0.2, 0.25) is 0 Å². The first kappa shape index (κ1) is 22.7. The normalized spacial score (nSPS) is 11.5. The molecule has 2 aromatic rings. The third kappa shape index (κ3) is 3.91. The van der Waals surface area contributed by atoms with E-state index in [1.165, 1.54) is 0 Å². The molecule has 0 heterocycles. The number of allylic oxidation sites excluding steroid dienone is 2. The van der Waals surface area contributed by atoms with Crippen LogP contribution in [0.15, 0.2) is 12.2 Å². The fourth-order valence-electron chi connectivity index (χ4n) is 2.34. The van der Waals surface area contributed by atoms with E-state index < -0.39 is 74.8 Å². The molecule has 0 aliphatic carbocycles. The van der Waals surface area contributed by atoms with Crippen LogP contribution >= 0.6 is 0 Å². The molecule has 0 unspecified atom stereocenters. The van der Waals surface area contributed by atoms with Crippen LogP contribution in [0, 0.1) is 34.9 Å². The highest BCUT2D eigenvalue weighted by Crippen LogP contribution is 2.38. The SMILES string of the molecule is COc1c(O)c(F)c(F)c(/C=C/C(=O)/C=C/c2c(F)c(F)c(O)c(OC)c2F)c1F. The Balaban J connectivity index is 2.41. The monoisotopic (exact) mass is 434 g/mol. The largest absolute Gasteiger partial charge is 0.502 e. The van der Waals surface area contributed by atoms with E-state index >= 15 is 0 Å². The number of hydrogen-bond acceptors (Lipinski definition) is 5. The van der Waals surface area contributed by atoms with Crippen molar-refractivity contribution in [3.8, 4) is 23.0 Å². The lowest BCUT2D eigenvalue weighted by atomic mass is 10.1. The lowest BCUT2D eigenvalue weighted by Gasteiger charge is -2.09. The molecule has 11 heteroatoms. The number of methoxy groups -OCH3 is 2. The number of halogens is 6. The number of rotatable bonds is 6. The topological polar surface area (TPSA) is 76.0 Å². The highest BCUT2D eigenvalue weighted by molar-refractivity contribution is 6.04. The number of aromatic hydroxyl groups is 2. The Labute approximate surface area is 165 Å². The molecule has 0 aromatic heterocycles. The summed E-state index contributed by atoms with van der Waals surface area (Å²) in [4.78, 5) is 11.8. The van der Waals surface area contributed by atoms with Crippen molar-refractivity contribution in [1.29, 1.82) is 0 Å². The second kappa shape index (κ2) is 8.80. The highest BCUT2D eigenvalue weighted by Gasteiger charge is 2.25. The van der Waals surface area contributed by atoms with E-state index in [1.54, 1.807) is 0 Å². The number of hydrogen-bond donors (Lipinski definition) is 2. The van der Waals surface area contributed by atoms with Gasteiger partial charge in [0.1, 0.15) is 0 Å². The van der Waals surface area contributed by atoms with Crippen LogP contribution in [0.4, 0.5) is 26.3 Å². The van der Waals surface area contributed by atoms with Crippen LogP contribution in [0.5, 0.6) is 23.0 Å². The predicted molar refractivity (Wildman–Crippen MR) is 92.1 cm³/mol. The molecule has 160 valence electrons. The van der Waals surface area contributed by atoms with Gasteiger partial charge < -0.3 is 19.7 Å². The van der Waals surface area contributed by atoms with Crippen LogP contribution in [-0.2, 0) is 4.79 Å². The lowest BCUT2D eigenvalue weighted by Crippen LogP contribution is -2.01. The van der Waals surface area contributed by atoms with Gasteiger partial charge in [0.25, 0.3) is 0 Å². The standard InChI is InChI=1S/C19H12F6O5/c1-29-18-12(22)8(10(20)14(24)16(18)27)5-3-7(26)4-6-9-11(21)15(25)17(28)19(30-2)13(9)23/h3-6,27-28H,1-2H3/b5-3+,6-4+. The molecule has 2 aromatic carbocycles. The minimum atomic E-state index is -1.83. The number of ether oxygens (including phenoxy) is 2. The number of benzene rings is 2. The quantitative estimate of drug-likeness (QED) is 0.404. The molecule has 0 fully saturated rings. The fourth-order valence-corrected chi connectivity index (χ4v) is 2.34. The van der Waals surface area contributed by atoms with Gasteiger partial charge >= 0.3 is 0 Å². The molecule has 0 spiro atoms. The average Bonchev–Trinajstić information content (AvgIpc) is 2.71. The highest BCUT2D eigenvalue weighted by atomic mass is 19.2. The van der Waals surface area contributed by atoms with Crippen LogP contribution < -0.4 is 9.47 Å². The van der Waals surface area contributed by atoms with Gasteiger partial charge in [-0.1, -0.05) is 0 Å². The van der Waals surface area contributed by atoms with Crippen molar-refractivity contribution in [3.05, 3.63) is 58.2 Å². The van der Waals surface area contributed by atoms with Gasteiger partial charge in [-0.05, 0) is 24.3 Å². The average molecular weight is 434 g/mol. The molecule has 30 heavy (non-hydrogen) atoms. The van der Waals surface area contributed by atoms with Gasteiger partial charge in [-0.25, -0.2) is 17.6 Å². The number of ketones is 1. The first-order chi connectivity index (χ1) is 14.1. The van der Waals surface area contributed by atoms with E-state index in [-0.39, 0.29) is 0 Å². The number of phenolic OH excluding ortho intramolecular Hbond substituents is 2. The van der Waals surface area contributed by atoms with Crippen molar-refractivity contribution in [2.75, 3.05) is 14.2 Å². The van der Waals surface area contributed by atoms with E-state index in [0.29, 0.717) is 24.3 Å². The molecule has 0 amide bonds. The maximum atomic E-state index is 14.1. The van der Waals surface area contributed by atoms with Gasteiger partial charge in [0.05, 0.1) is 25.3 Å². The number of phenols is 2. The summed E-state index contributed by atoms with van der Waals surface area (Å²) in [5.41, 5.74) is -2.14. The second-order valence-electron chi connectivity index (χ2n) is 5.54. The summed E-state index contributed by atoms with van der Waals surface area (Å²) in [5.74, 6) is -16.2. The van der Waals surface area contributed by atoms with Crippen molar-refractivity contribution < 1.29 is 50.8 Å². The third-order valence-corrected chi connectivity index (χ3v) is 3.81. The summed E-state index contributed by atoms with van der Waals surface area (Å²) in [6.07, 6.45) is 2.01. The molecule has 2 rings (SSSR count). The minimum absolute atomic E-state index is 0.493. The molecule has 5 nitrogen and oxygen atoms in total. The Bertz CT molecular complexity index is 995. The van der Waals surface area contributed by atoms with Gasteiger partial charge in [-0.2, -0.15) is 8.78 Å². The summed E-state index contributed by atoms with van der Waals surface area (Å²) in [7, 11) is 1.76. The van der Waals surface area contributed by atoms with Crippen LogP contribution in [0.3, 0.4) is 0 Å². The van der Waals surface area contributed by atoms with Gasteiger partial charge in [0.2, 0.25) is 34.6 Å². The molecule has 0 aliphatic rings. The van der Waals surface area contributed by atoms with Crippen molar-refractivity contribution in [2.45, 2.75) is 0 Å². The molecule has 2 N–H and O–H groups in total. The Morgan fingerprint density at radius 3 is 1.30 bits per heavy atom. The Morgan fingerprint density at radius 1 is 0.667 bits per heavy atom. The number of carbonyl (C=O) groups is 1. The first-order valence-corrected chi connectivity index (χ1v) is 7.83. The molecule has 0 radical (unpaired) electrons. The molecule has 0 saturated carbocycles. The van der Waals surface area contributed by atoms with E-state index in [2.05, 4.69) is 9.47 Å². The molecular formula is C19H12F6O5. The zero-order chi connectivity index (χ0) is 22.7. The molecule has 0 bridgehead atoms. The third-order valence-electron chi connectivity index (χ3n) is 3.81. The van der Waals surface area contributed by atoms with E-state index in [1.807, 2.05) is 0 Å². The predicted octanol–water partition coefficient (Wildman–Crippen LogP) is 4.25. The maximum Gasteiger partial charge on any atom is 0.205 e. The Kier molecular flexibility index (Phi) is 6.65. The van der Waals surface area contributed by atoms with Gasteiger partial charge in [0, 0.05) is 0 Å².